The molecule has 1 aromatic heterocycles. The molecule has 1 atom stereocenters. The van der Waals surface area contributed by atoms with Crippen molar-refractivity contribution < 1.29 is 0 Å². The van der Waals surface area contributed by atoms with Crippen LogP contribution in [0, 0.1) is 0 Å². The molecule has 0 saturated carbocycles. The Kier molecular flexibility index (Phi) is 2.89. The summed E-state index contributed by atoms with van der Waals surface area (Å²) in [6.45, 7) is 10.9. The number of anilines is 1. The highest BCUT2D eigenvalue weighted by atomic mass is 15.2. The second-order valence-corrected chi connectivity index (χ2v) is 5.32. The van der Waals surface area contributed by atoms with Gasteiger partial charge in [0.25, 0.3) is 0 Å². The molecule has 0 amide bonds. The number of rotatable bonds is 2. The fraction of sp³-hybridized carbons (Fsp3) is 0.615. The molecule has 0 aromatic carbocycles. The average molecular weight is 234 g/mol. The van der Waals surface area contributed by atoms with Crippen molar-refractivity contribution in [1.82, 2.24) is 4.57 Å². The number of hydrogen-bond acceptors (Lipinski definition) is 3. The van der Waals surface area contributed by atoms with Crippen LogP contribution in [0.2, 0.25) is 0 Å². The lowest BCUT2D eigenvalue weighted by atomic mass is 9.97. The third-order valence-corrected chi connectivity index (χ3v) is 3.28. The molecule has 0 spiro atoms. The van der Waals surface area contributed by atoms with E-state index in [9.17, 15) is 0 Å². The predicted molar refractivity (Wildman–Crippen MR) is 72.6 cm³/mol. The Labute approximate surface area is 103 Å². The Balaban J connectivity index is 2.60. The summed E-state index contributed by atoms with van der Waals surface area (Å²) in [5, 5.41) is 3.21. The molecule has 1 aliphatic heterocycles. The van der Waals surface area contributed by atoms with Crippen LogP contribution in [0.15, 0.2) is 11.2 Å². The van der Waals surface area contributed by atoms with Crippen molar-refractivity contribution in [2.24, 2.45) is 10.7 Å². The highest BCUT2D eigenvalue weighted by molar-refractivity contribution is 5.94. The van der Waals surface area contributed by atoms with E-state index in [4.69, 9.17) is 5.73 Å². The SMILES string of the molecule is CC(C)c1cn(C(C)C)c2c1C(C)N=C(N)N2. The minimum Gasteiger partial charge on any atom is -0.370 e. The average Bonchev–Trinajstić information content (AvgIpc) is 2.56. The van der Waals surface area contributed by atoms with Gasteiger partial charge in [-0.1, -0.05) is 13.8 Å². The molecule has 2 heterocycles. The first-order valence-corrected chi connectivity index (χ1v) is 6.26. The van der Waals surface area contributed by atoms with Gasteiger partial charge in [-0.05, 0) is 32.3 Å². The Morgan fingerprint density at radius 3 is 2.53 bits per heavy atom. The van der Waals surface area contributed by atoms with Crippen molar-refractivity contribution in [2.75, 3.05) is 5.32 Å². The van der Waals surface area contributed by atoms with Crippen LogP contribution in [0.5, 0.6) is 0 Å². The third-order valence-electron chi connectivity index (χ3n) is 3.28. The fourth-order valence-electron chi connectivity index (χ4n) is 2.42. The summed E-state index contributed by atoms with van der Waals surface area (Å²) in [7, 11) is 0. The molecule has 0 bridgehead atoms. The van der Waals surface area contributed by atoms with Crippen molar-refractivity contribution in [3.8, 4) is 0 Å². The van der Waals surface area contributed by atoms with Gasteiger partial charge in [0.05, 0.1) is 6.04 Å². The monoisotopic (exact) mass is 234 g/mol. The molecule has 0 aliphatic carbocycles. The molecule has 1 unspecified atom stereocenters. The van der Waals surface area contributed by atoms with Crippen LogP contribution in [-0.2, 0) is 0 Å². The molecular weight excluding hydrogens is 212 g/mol. The molecule has 17 heavy (non-hydrogen) atoms. The van der Waals surface area contributed by atoms with Crippen molar-refractivity contribution in [3.05, 3.63) is 17.3 Å². The van der Waals surface area contributed by atoms with E-state index in [1.165, 1.54) is 11.1 Å². The second kappa shape index (κ2) is 4.09. The van der Waals surface area contributed by atoms with E-state index in [2.05, 4.69) is 55.7 Å². The zero-order valence-electron chi connectivity index (χ0n) is 11.3. The van der Waals surface area contributed by atoms with Gasteiger partial charge in [-0.25, -0.2) is 4.99 Å². The fourth-order valence-corrected chi connectivity index (χ4v) is 2.42. The molecule has 0 radical (unpaired) electrons. The highest BCUT2D eigenvalue weighted by Crippen LogP contribution is 2.38. The summed E-state index contributed by atoms with van der Waals surface area (Å²) >= 11 is 0. The number of aromatic nitrogens is 1. The number of guanidine groups is 1. The summed E-state index contributed by atoms with van der Waals surface area (Å²) < 4.78 is 2.25. The smallest absolute Gasteiger partial charge is 0.194 e. The number of hydrogen-bond donors (Lipinski definition) is 2. The van der Waals surface area contributed by atoms with Crippen LogP contribution >= 0.6 is 0 Å². The zero-order chi connectivity index (χ0) is 12.7. The molecule has 1 aromatic rings. The van der Waals surface area contributed by atoms with Crippen molar-refractivity contribution in [2.45, 2.75) is 52.6 Å². The van der Waals surface area contributed by atoms with E-state index in [0.29, 0.717) is 17.9 Å². The highest BCUT2D eigenvalue weighted by Gasteiger charge is 2.26. The van der Waals surface area contributed by atoms with Gasteiger partial charge in [0, 0.05) is 17.8 Å². The first kappa shape index (κ1) is 12.0. The van der Waals surface area contributed by atoms with Crippen LogP contribution in [0.3, 0.4) is 0 Å². The van der Waals surface area contributed by atoms with Crippen molar-refractivity contribution in [1.29, 1.82) is 0 Å². The van der Waals surface area contributed by atoms with Crippen molar-refractivity contribution >= 4 is 11.8 Å². The molecule has 4 nitrogen and oxygen atoms in total. The van der Waals surface area contributed by atoms with Gasteiger partial charge in [-0.2, -0.15) is 0 Å². The molecule has 3 N–H and O–H groups in total. The second-order valence-electron chi connectivity index (χ2n) is 5.32. The van der Waals surface area contributed by atoms with Gasteiger partial charge in [0.15, 0.2) is 5.96 Å². The quantitative estimate of drug-likeness (QED) is 0.826. The zero-order valence-corrected chi connectivity index (χ0v) is 11.3. The van der Waals surface area contributed by atoms with Crippen molar-refractivity contribution in [3.63, 3.8) is 0 Å². The van der Waals surface area contributed by atoms with Crippen LogP contribution in [0.4, 0.5) is 5.82 Å². The van der Waals surface area contributed by atoms with Gasteiger partial charge in [0.1, 0.15) is 5.82 Å². The standard InChI is InChI=1S/C13H22N4/c1-7(2)10-6-17(8(3)4)12-11(10)9(5)15-13(14)16-12/h6-9H,1-5H3,(H3,14,15,16). The van der Waals surface area contributed by atoms with Crippen LogP contribution in [-0.4, -0.2) is 10.5 Å². The summed E-state index contributed by atoms with van der Waals surface area (Å²) in [6, 6.07) is 0.561. The maximum atomic E-state index is 5.82. The maximum Gasteiger partial charge on any atom is 0.194 e. The summed E-state index contributed by atoms with van der Waals surface area (Å²) in [5.41, 5.74) is 8.48. The van der Waals surface area contributed by atoms with E-state index in [1.807, 2.05) is 0 Å². The van der Waals surface area contributed by atoms with E-state index in [0.717, 1.165) is 5.82 Å². The van der Waals surface area contributed by atoms with E-state index < -0.39 is 0 Å². The van der Waals surface area contributed by atoms with Crippen LogP contribution < -0.4 is 11.1 Å². The Morgan fingerprint density at radius 2 is 2.00 bits per heavy atom. The third kappa shape index (κ3) is 1.92. The van der Waals surface area contributed by atoms with Gasteiger partial charge in [-0.3, -0.25) is 0 Å². The van der Waals surface area contributed by atoms with Crippen LogP contribution in [0.1, 0.15) is 63.7 Å². The number of nitrogens with zero attached hydrogens (tertiary/aromatic N) is 2. The number of nitrogens with two attached hydrogens (primary N) is 1. The van der Waals surface area contributed by atoms with E-state index in [-0.39, 0.29) is 6.04 Å². The molecule has 4 heteroatoms. The van der Waals surface area contributed by atoms with Crippen LogP contribution in [0.25, 0.3) is 0 Å². The molecule has 94 valence electrons. The molecule has 0 fully saturated rings. The lowest BCUT2D eigenvalue weighted by Gasteiger charge is -2.22. The summed E-state index contributed by atoms with van der Waals surface area (Å²) in [5.74, 6) is 2.13. The first-order chi connectivity index (χ1) is 7.91. The van der Waals surface area contributed by atoms with Gasteiger partial charge in [-0.15, -0.1) is 0 Å². The molecule has 1 aliphatic rings. The van der Waals surface area contributed by atoms with Gasteiger partial charge in [0.2, 0.25) is 0 Å². The predicted octanol–water partition coefficient (Wildman–Crippen LogP) is 2.99. The minimum absolute atomic E-state index is 0.142. The topological polar surface area (TPSA) is 55.3 Å². The number of fused-ring (bicyclic) bond motifs is 1. The van der Waals surface area contributed by atoms with E-state index in [1.54, 1.807) is 0 Å². The Morgan fingerprint density at radius 1 is 1.35 bits per heavy atom. The molecule has 2 rings (SSSR count). The summed E-state index contributed by atoms with van der Waals surface area (Å²) in [6.07, 6.45) is 2.23. The lowest BCUT2D eigenvalue weighted by molar-refractivity contribution is 0.606. The number of aliphatic imine (C=N–C) groups is 1. The Bertz CT molecular complexity index is 454. The minimum atomic E-state index is 0.142. The van der Waals surface area contributed by atoms with Gasteiger partial charge >= 0.3 is 0 Å². The molecular formula is C13H22N4. The van der Waals surface area contributed by atoms with E-state index >= 15 is 0 Å². The summed E-state index contributed by atoms with van der Waals surface area (Å²) in [4.78, 5) is 4.41. The maximum absolute atomic E-state index is 5.82. The number of nitrogens with one attached hydrogen (secondary N) is 1. The Hall–Kier alpha value is -1.45. The lowest BCUT2D eigenvalue weighted by Crippen LogP contribution is -2.29. The molecule has 0 saturated heterocycles. The van der Waals surface area contributed by atoms with Gasteiger partial charge < -0.3 is 15.6 Å². The normalized spacial score (nSPS) is 19.2. The largest absolute Gasteiger partial charge is 0.370 e. The first-order valence-electron chi connectivity index (χ1n) is 6.26.